The highest BCUT2D eigenvalue weighted by atomic mass is 16.6. The van der Waals surface area contributed by atoms with E-state index in [1.54, 1.807) is 0 Å². The van der Waals surface area contributed by atoms with Crippen LogP contribution in [0.2, 0.25) is 0 Å². The zero-order valence-corrected chi connectivity index (χ0v) is 8.55. The van der Waals surface area contributed by atoms with E-state index in [9.17, 15) is 0 Å². The molecule has 1 aliphatic rings. The molecule has 5 nitrogen and oxygen atoms in total. The average Bonchev–Trinajstić information content (AvgIpc) is 3.01. The maximum Gasteiger partial charge on any atom is 0.129 e. The van der Waals surface area contributed by atoms with Gasteiger partial charge in [-0.05, 0) is 30.2 Å². The molecule has 0 saturated carbocycles. The molecule has 1 atom stereocenters. The quantitative estimate of drug-likeness (QED) is 0.250. The van der Waals surface area contributed by atoms with Gasteiger partial charge in [0.1, 0.15) is 12.4 Å². The van der Waals surface area contributed by atoms with Crippen LogP contribution in [0.3, 0.4) is 0 Å². The highest BCUT2D eigenvalue weighted by Gasteiger charge is 2.26. The van der Waals surface area contributed by atoms with E-state index in [-0.39, 0.29) is 6.10 Å². The second-order valence-electron chi connectivity index (χ2n) is 3.53. The number of nitrogens with zero attached hydrogens (tertiary/aromatic N) is 2. The minimum Gasteiger partial charge on any atom is -0.368 e. The average molecular weight is 206 g/mol. The van der Waals surface area contributed by atoms with E-state index >= 15 is 0 Å². The van der Waals surface area contributed by atoms with Crippen LogP contribution in [-0.4, -0.2) is 12.9 Å². The van der Waals surface area contributed by atoms with E-state index in [0.717, 1.165) is 17.9 Å². The van der Waals surface area contributed by atoms with Gasteiger partial charge in [0.25, 0.3) is 0 Å². The second kappa shape index (κ2) is 3.88. The summed E-state index contributed by atoms with van der Waals surface area (Å²) < 4.78 is 5.23. The van der Waals surface area contributed by atoms with E-state index in [1.165, 1.54) is 16.9 Å². The molecule has 1 heterocycles. The summed E-state index contributed by atoms with van der Waals surface area (Å²) in [7, 11) is 0. The van der Waals surface area contributed by atoms with Crippen LogP contribution in [0.5, 0.6) is 0 Å². The molecule has 1 aromatic rings. The molecule has 1 unspecified atom stereocenters. The third kappa shape index (κ3) is 2.08. The smallest absolute Gasteiger partial charge is 0.129 e. The summed E-state index contributed by atoms with van der Waals surface area (Å²) in [6.07, 6.45) is 1.63. The largest absolute Gasteiger partial charge is 0.368 e. The lowest BCUT2D eigenvalue weighted by Gasteiger charge is -2.13. The summed E-state index contributed by atoms with van der Waals surface area (Å²) in [4.78, 5) is 0. The van der Waals surface area contributed by atoms with Crippen LogP contribution >= 0.6 is 0 Å². The van der Waals surface area contributed by atoms with Crippen LogP contribution in [0.1, 0.15) is 17.2 Å². The topological polar surface area (TPSA) is 80.2 Å². The van der Waals surface area contributed by atoms with Crippen LogP contribution in [0.4, 0.5) is 5.69 Å². The fourth-order valence-electron chi connectivity index (χ4n) is 1.55. The number of hydrogen-bond donors (Lipinski definition) is 2. The predicted octanol–water partition coefficient (Wildman–Crippen LogP) is 0.648. The van der Waals surface area contributed by atoms with Gasteiger partial charge in [0.05, 0.1) is 12.3 Å². The standard InChI is InChI=1S/C10H14N4O/c1-7-4-8(14(12)6-13-11)2-3-9(7)10-5-15-10/h2-4,6,10H,5,11-12H2,1H3/b13-6-. The lowest BCUT2D eigenvalue weighted by molar-refractivity contribution is 0.415. The van der Waals surface area contributed by atoms with Gasteiger partial charge in [0, 0.05) is 0 Å². The van der Waals surface area contributed by atoms with Gasteiger partial charge < -0.3 is 10.6 Å². The van der Waals surface area contributed by atoms with Crippen molar-refractivity contribution in [2.75, 3.05) is 11.6 Å². The van der Waals surface area contributed by atoms with Crippen molar-refractivity contribution in [2.24, 2.45) is 16.8 Å². The van der Waals surface area contributed by atoms with Crippen molar-refractivity contribution in [3.05, 3.63) is 29.3 Å². The number of anilines is 1. The first-order chi connectivity index (χ1) is 7.22. The highest BCUT2D eigenvalue weighted by Crippen LogP contribution is 2.33. The normalized spacial score (nSPS) is 19.5. The molecule has 0 bridgehead atoms. The number of epoxide rings is 1. The molecular formula is C10H14N4O. The molecule has 15 heavy (non-hydrogen) atoms. The Morgan fingerprint density at radius 2 is 2.33 bits per heavy atom. The second-order valence-corrected chi connectivity index (χ2v) is 3.53. The lowest BCUT2D eigenvalue weighted by Crippen LogP contribution is -2.29. The number of hydrogen-bond acceptors (Lipinski definition) is 4. The van der Waals surface area contributed by atoms with Crippen molar-refractivity contribution in [3.8, 4) is 0 Å². The molecule has 80 valence electrons. The molecule has 0 spiro atoms. The Balaban J connectivity index is 2.24. The lowest BCUT2D eigenvalue weighted by atomic mass is 10.1. The Bertz CT molecular complexity index is 387. The Hall–Kier alpha value is -1.59. The summed E-state index contributed by atoms with van der Waals surface area (Å²) in [6, 6.07) is 5.93. The van der Waals surface area contributed by atoms with Gasteiger partial charge in [-0.3, -0.25) is 5.01 Å². The zero-order valence-electron chi connectivity index (χ0n) is 8.55. The molecule has 2 rings (SSSR count). The highest BCUT2D eigenvalue weighted by molar-refractivity contribution is 5.77. The van der Waals surface area contributed by atoms with Crippen LogP contribution in [-0.2, 0) is 4.74 Å². The number of hydrazine groups is 1. The first kappa shape index (κ1) is 9.95. The minimum atomic E-state index is 0.272. The van der Waals surface area contributed by atoms with Crippen LogP contribution in [0, 0.1) is 6.92 Å². The van der Waals surface area contributed by atoms with Crippen LogP contribution in [0.15, 0.2) is 23.3 Å². The van der Waals surface area contributed by atoms with Crippen molar-refractivity contribution in [3.63, 3.8) is 0 Å². The Morgan fingerprint density at radius 3 is 2.87 bits per heavy atom. The number of ether oxygens (including phenoxy) is 1. The molecule has 0 aliphatic carbocycles. The van der Waals surface area contributed by atoms with Gasteiger partial charge in [-0.25, -0.2) is 5.84 Å². The molecular weight excluding hydrogens is 192 g/mol. The maximum atomic E-state index is 5.69. The van der Waals surface area contributed by atoms with Crippen molar-refractivity contribution in [1.29, 1.82) is 0 Å². The number of hydrazone groups is 1. The van der Waals surface area contributed by atoms with Crippen molar-refractivity contribution in [2.45, 2.75) is 13.0 Å². The number of benzene rings is 1. The summed E-state index contributed by atoms with van der Waals surface area (Å²) in [5, 5.41) is 4.74. The van der Waals surface area contributed by atoms with Gasteiger partial charge in [0.2, 0.25) is 0 Å². The van der Waals surface area contributed by atoms with Gasteiger partial charge in [-0.15, -0.1) is 0 Å². The van der Waals surface area contributed by atoms with Crippen molar-refractivity contribution < 1.29 is 4.74 Å². The molecule has 4 N–H and O–H groups in total. The monoisotopic (exact) mass is 206 g/mol. The van der Waals surface area contributed by atoms with Gasteiger partial charge in [-0.2, -0.15) is 5.10 Å². The van der Waals surface area contributed by atoms with Gasteiger partial charge in [0.15, 0.2) is 0 Å². The summed E-state index contributed by atoms with van der Waals surface area (Å²) in [5.74, 6) is 10.7. The van der Waals surface area contributed by atoms with Crippen LogP contribution in [0.25, 0.3) is 0 Å². The third-order valence-corrected chi connectivity index (χ3v) is 2.42. The molecule has 0 radical (unpaired) electrons. The Kier molecular flexibility index (Phi) is 2.57. The summed E-state index contributed by atoms with van der Waals surface area (Å²) >= 11 is 0. The van der Waals surface area contributed by atoms with Crippen molar-refractivity contribution >= 4 is 12.0 Å². The third-order valence-electron chi connectivity index (χ3n) is 2.42. The minimum absolute atomic E-state index is 0.272. The molecule has 1 aromatic carbocycles. The van der Waals surface area contributed by atoms with Gasteiger partial charge >= 0.3 is 0 Å². The predicted molar refractivity (Wildman–Crippen MR) is 59.2 cm³/mol. The van der Waals surface area contributed by atoms with E-state index in [1.807, 2.05) is 25.1 Å². The fourth-order valence-corrected chi connectivity index (χ4v) is 1.55. The molecule has 1 fully saturated rings. The van der Waals surface area contributed by atoms with Crippen LogP contribution < -0.4 is 16.7 Å². The molecule has 1 aliphatic heterocycles. The summed E-state index contributed by atoms with van der Waals surface area (Å²) in [5.41, 5.74) is 3.24. The zero-order chi connectivity index (χ0) is 10.8. The SMILES string of the molecule is Cc1cc(N(N)/C=N\N)ccc1C1CO1. The molecule has 1 saturated heterocycles. The first-order valence-corrected chi connectivity index (χ1v) is 4.72. The summed E-state index contributed by atoms with van der Waals surface area (Å²) in [6.45, 7) is 2.85. The van der Waals surface area contributed by atoms with Crippen molar-refractivity contribution in [1.82, 2.24) is 0 Å². The van der Waals surface area contributed by atoms with E-state index in [0.29, 0.717) is 0 Å². The number of rotatable bonds is 3. The van der Waals surface area contributed by atoms with E-state index < -0.39 is 0 Å². The molecule has 5 heteroatoms. The maximum absolute atomic E-state index is 5.69. The Morgan fingerprint density at radius 1 is 1.60 bits per heavy atom. The molecule has 0 aromatic heterocycles. The van der Waals surface area contributed by atoms with E-state index in [2.05, 4.69) is 5.10 Å². The molecule has 0 amide bonds. The van der Waals surface area contributed by atoms with E-state index in [4.69, 9.17) is 16.4 Å². The number of aryl methyl sites for hydroxylation is 1. The number of nitrogens with two attached hydrogens (primary N) is 2. The Labute approximate surface area is 88.3 Å². The van der Waals surface area contributed by atoms with Gasteiger partial charge in [-0.1, -0.05) is 6.07 Å². The fraction of sp³-hybridized carbons (Fsp3) is 0.300. The first-order valence-electron chi connectivity index (χ1n) is 4.72.